The first-order chi connectivity index (χ1) is 7.64. The van der Waals surface area contributed by atoms with E-state index in [-0.39, 0.29) is 12.0 Å². The molecule has 1 heterocycles. The zero-order valence-corrected chi connectivity index (χ0v) is 10.1. The minimum absolute atomic E-state index is 0.206. The van der Waals surface area contributed by atoms with Gasteiger partial charge in [-0.3, -0.25) is 0 Å². The molecule has 1 aromatic rings. The van der Waals surface area contributed by atoms with Crippen LogP contribution in [0.2, 0.25) is 0 Å². The highest BCUT2D eigenvalue weighted by atomic mass is 16.2. The van der Waals surface area contributed by atoms with E-state index in [1.54, 1.807) is 12.4 Å². The molecule has 4 nitrogen and oxygen atoms in total. The second kappa shape index (κ2) is 6.55. The first-order valence-electron chi connectivity index (χ1n) is 5.71. The fraction of sp³-hybridized carbons (Fsp3) is 0.667. The van der Waals surface area contributed by atoms with E-state index in [0.29, 0.717) is 6.54 Å². The third-order valence-electron chi connectivity index (χ3n) is 2.52. The minimum atomic E-state index is 0.206. The van der Waals surface area contributed by atoms with Crippen LogP contribution >= 0.6 is 0 Å². The molecule has 0 saturated carbocycles. The molecule has 0 bridgehead atoms. The Labute approximate surface area is 97.1 Å². The van der Waals surface area contributed by atoms with Crippen molar-refractivity contribution in [2.75, 3.05) is 13.2 Å². The Hall–Kier alpha value is -1.00. The van der Waals surface area contributed by atoms with Gasteiger partial charge in [-0.15, -0.1) is 0 Å². The van der Waals surface area contributed by atoms with E-state index in [4.69, 9.17) is 5.11 Å². The third kappa shape index (κ3) is 5.19. The van der Waals surface area contributed by atoms with E-state index >= 15 is 0 Å². The maximum Gasteiger partial charge on any atom is 0.141 e. The predicted molar refractivity (Wildman–Crippen MR) is 63.8 cm³/mol. The molecule has 0 fully saturated rings. The normalized spacial score (nSPS) is 11.7. The summed E-state index contributed by atoms with van der Waals surface area (Å²) in [5.41, 5.74) is 0.206. The molecule has 0 aliphatic heterocycles. The summed E-state index contributed by atoms with van der Waals surface area (Å²) in [4.78, 5) is 8.29. The van der Waals surface area contributed by atoms with Crippen molar-refractivity contribution in [1.29, 1.82) is 0 Å². The highest BCUT2D eigenvalue weighted by Crippen LogP contribution is 2.20. The lowest BCUT2D eigenvalue weighted by Gasteiger charge is -2.24. The highest BCUT2D eigenvalue weighted by Gasteiger charge is 2.16. The average Bonchev–Trinajstić information content (AvgIpc) is 2.28. The highest BCUT2D eigenvalue weighted by molar-refractivity contribution is 4.88. The van der Waals surface area contributed by atoms with Crippen LogP contribution in [0.4, 0.5) is 0 Å². The van der Waals surface area contributed by atoms with Crippen molar-refractivity contribution in [3.05, 3.63) is 24.3 Å². The summed E-state index contributed by atoms with van der Waals surface area (Å²) < 4.78 is 0. The topological polar surface area (TPSA) is 58.0 Å². The van der Waals surface area contributed by atoms with Crippen molar-refractivity contribution < 1.29 is 5.11 Å². The number of aliphatic hydroxyl groups excluding tert-OH is 1. The number of nitrogens with one attached hydrogen (secondary N) is 1. The summed E-state index contributed by atoms with van der Waals surface area (Å²) in [5.74, 6) is 0.820. The molecule has 0 aliphatic carbocycles. The number of hydrogen-bond donors (Lipinski definition) is 2. The largest absolute Gasteiger partial charge is 0.396 e. The molecule has 1 rings (SSSR count). The van der Waals surface area contributed by atoms with Crippen molar-refractivity contribution in [2.24, 2.45) is 5.41 Å². The molecule has 0 radical (unpaired) electrons. The fourth-order valence-electron chi connectivity index (χ4n) is 1.58. The SMILES string of the molecule is CC(C)(CCCO)CNCc1ncccn1. The van der Waals surface area contributed by atoms with E-state index in [1.807, 2.05) is 6.07 Å². The van der Waals surface area contributed by atoms with Crippen molar-refractivity contribution in [3.8, 4) is 0 Å². The van der Waals surface area contributed by atoms with Crippen LogP contribution in [0, 0.1) is 5.41 Å². The molecule has 0 unspecified atom stereocenters. The van der Waals surface area contributed by atoms with Crippen LogP contribution in [0.1, 0.15) is 32.5 Å². The zero-order chi connectivity index (χ0) is 11.9. The quantitative estimate of drug-likeness (QED) is 0.733. The smallest absolute Gasteiger partial charge is 0.141 e. The van der Waals surface area contributed by atoms with Gasteiger partial charge < -0.3 is 10.4 Å². The van der Waals surface area contributed by atoms with Crippen molar-refractivity contribution in [3.63, 3.8) is 0 Å². The Morgan fingerprint density at radius 3 is 2.62 bits per heavy atom. The summed E-state index contributed by atoms with van der Waals surface area (Å²) in [6.07, 6.45) is 5.38. The van der Waals surface area contributed by atoms with Crippen LogP contribution in [-0.4, -0.2) is 28.2 Å². The maximum atomic E-state index is 8.79. The molecular formula is C12H21N3O. The maximum absolute atomic E-state index is 8.79. The summed E-state index contributed by atoms with van der Waals surface area (Å²) >= 11 is 0. The molecule has 0 aromatic carbocycles. The molecule has 2 N–H and O–H groups in total. The van der Waals surface area contributed by atoms with Crippen LogP contribution in [0.5, 0.6) is 0 Å². The molecule has 0 aliphatic rings. The molecule has 16 heavy (non-hydrogen) atoms. The van der Waals surface area contributed by atoms with E-state index < -0.39 is 0 Å². The number of aromatic nitrogens is 2. The first kappa shape index (κ1) is 13.1. The average molecular weight is 223 g/mol. The lowest BCUT2D eigenvalue weighted by atomic mass is 9.88. The van der Waals surface area contributed by atoms with Crippen molar-refractivity contribution >= 4 is 0 Å². The Bertz CT molecular complexity index is 288. The van der Waals surface area contributed by atoms with E-state index in [2.05, 4.69) is 29.1 Å². The molecule has 0 atom stereocenters. The Balaban J connectivity index is 2.24. The molecule has 0 spiro atoms. The van der Waals surface area contributed by atoms with Gasteiger partial charge in [0.05, 0.1) is 6.54 Å². The Morgan fingerprint density at radius 1 is 1.31 bits per heavy atom. The fourth-order valence-corrected chi connectivity index (χ4v) is 1.58. The molecule has 4 heteroatoms. The second-order valence-corrected chi connectivity index (χ2v) is 4.76. The molecular weight excluding hydrogens is 202 g/mol. The van der Waals surface area contributed by atoms with Gasteiger partial charge in [0.15, 0.2) is 0 Å². The molecule has 1 aromatic heterocycles. The van der Waals surface area contributed by atoms with Crippen molar-refractivity contribution in [2.45, 2.75) is 33.2 Å². The van der Waals surface area contributed by atoms with E-state index in [0.717, 1.165) is 25.2 Å². The number of nitrogens with zero attached hydrogens (tertiary/aromatic N) is 2. The zero-order valence-electron chi connectivity index (χ0n) is 10.1. The van der Waals surface area contributed by atoms with Gasteiger partial charge >= 0.3 is 0 Å². The lowest BCUT2D eigenvalue weighted by molar-refractivity contribution is 0.236. The molecule has 0 amide bonds. The van der Waals surface area contributed by atoms with Gasteiger partial charge in [0.1, 0.15) is 5.82 Å². The predicted octanol–water partition coefficient (Wildman–Crippen LogP) is 1.36. The Kier molecular flexibility index (Phi) is 5.35. The van der Waals surface area contributed by atoms with Gasteiger partial charge in [0.25, 0.3) is 0 Å². The molecule has 0 saturated heterocycles. The van der Waals surface area contributed by atoms with Crippen molar-refractivity contribution in [1.82, 2.24) is 15.3 Å². The van der Waals surface area contributed by atoms with Gasteiger partial charge in [-0.2, -0.15) is 0 Å². The van der Waals surface area contributed by atoms with Gasteiger partial charge in [0.2, 0.25) is 0 Å². The van der Waals surface area contributed by atoms with E-state index in [1.165, 1.54) is 0 Å². The summed E-state index contributed by atoms with van der Waals surface area (Å²) in [6.45, 7) is 6.27. The van der Waals surface area contributed by atoms with Gasteiger partial charge in [-0.1, -0.05) is 13.8 Å². The Morgan fingerprint density at radius 2 is 2.00 bits per heavy atom. The van der Waals surface area contributed by atoms with Crippen LogP contribution in [0.15, 0.2) is 18.5 Å². The van der Waals surface area contributed by atoms with Crippen LogP contribution in [0.25, 0.3) is 0 Å². The van der Waals surface area contributed by atoms with Gasteiger partial charge in [-0.05, 0) is 24.3 Å². The number of hydrogen-bond acceptors (Lipinski definition) is 4. The number of aliphatic hydroxyl groups is 1. The third-order valence-corrected chi connectivity index (χ3v) is 2.52. The van der Waals surface area contributed by atoms with Gasteiger partial charge in [-0.25, -0.2) is 9.97 Å². The summed E-state index contributed by atoms with van der Waals surface area (Å²) in [6, 6.07) is 1.81. The van der Waals surface area contributed by atoms with Crippen LogP contribution in [0.3, 0.4) is 0 Å². The van der Waals surface area contributed by atoms with Crippen LogP contribution < -0.4 is 5.32 Å². The standard InChI is InChI=1S/C12H21N3O/c1-12(2,5-3-8-16)10-13-9-11-14-6-4-7-15-11/h4,6-7,13,16H,3,5,8-10H2,1-2H3. The minimum Gasteiger partial charge on any atom is -0.396 e. The monoisotopic (exact) mass is 223 g/mol. The first-order valence-corrected chi connectivity index (χ1v) is 5.71. The number of rotatable bonds is 7. The van der Waals surface area contributed by atoms with Crippen LogP contribution in [-0.2, 0) is 6.54 Å². The lowest BCUT2D eigenvalue weighted by Crippen LogP contribution is -2.29. The second-order valence-electron chi connectivity index (χ2n) is 4.76. The van der Waals surface area contributed by atoms with Gasteiger partial charge in [0, 0.05) is 25.5 Å². The molecule has 90 valence electrons. The van der Waals surface area contributed by atoms with E-state index in [9.17, 15) is 0 Å². The summed E-state index contributed by atoms with van der Waals surface area (Å²) in [7, 11) is 0. The summed E-state index contributed by atoms with van der Waals surface area (Å²) in [5, 5.41) is 12.1.